The number of hydrogen-bond acceptors (Lipinski definition) is 6. The molecule has 3 aliphatic rings. The molecule has 2 aliphatic carbocycles. The summed E-state index contributed by atoms with van der Waals surface area (Å²) >= 11 is 0. The van der Waals surface area contributed by atoms with E-state index in [1.807, 2.05) is 41.5 Å². The van der Waals surface area contributed by atoms with Gasteiger partial charge >= 0.3 is 6.03 Å². The topological polar surface area (TPSA) is 160 Å². The number of nitrogens with one attached hydrogen (secondary N) is 3. The number of fused-ring (bicyclic) bond motifs is 1. The quantitative estimate of drug-likeness (QED) is 0.275. The van der Waals surface area contributed by atoms with E-state index < -0.39 is 47.2 Å². The minimum atomic E-state index is -1.08. The highest BCUT2D eigenvalue weighted by molar-refractivity contribution is 6.37. The van der Waals surface area contributed by atoms with Crippen LogP contribution in [0.15, 0.2) is 0 Å². The third-order valence-electron chi connectivity index (χ3n) is 9.50. The van der Waals surface area contributed by atoms with Crippen LogP contribution in [0.25, 0.3) is 0 Å². The van der Waals surface area contributed by atoms with Crippen molar-refractivity contribution in [3.63, 3.8) is 0 Å². The Hall–Kier alpha value is -2.69. The van der Waals surface area contributed by atoms with E-state index in [1.54, 1.807) is 12.0 Å². The number of amides is 5. The molecular weight excluding hydrogens is 526 g/mol. The average molecular weight is 578 g/mol. The molecule has 2 saturated carbocycles. The summed E-state index contributed by atoms with van der Waals surface area (Å²) in [6, 6.07) is -3.54. The van der Waals surface area contributed by atoms with E-state index in [0.29, 0.717) is 19.6 Å². The summed E-state index contributed by atoms with van der Waals surface area (Å²) in [6.07, 6.45) is 3.28. The summed E-state index contributed by atoms with van der Waals surface area (Å²) in [5.41, 5.74) is 4.21. The predicted molar refractivity (Wildman–Crippen MR) is 154 cm³/mol. The second-order valence-corrected chi connectivity index (χ2v) is 15.0. The molecule has 1 heterocycles. The number of carbonyl (C=O) groups is 5. The lowest BCUT2D eigenvalue weighted by molar-refractivity contribution is -0.145. The maximum atomic E-state index is 14.1. The summed E-state index contributed by atoms with van der Waals surface area (Å²) in [5.74, 6) is -2.45. The molecule has 1 unspecified atom stereocenters. The smallest absolute Gasteiger partial charge is 0.315 e. The fourth-order valence-corrected chi connectivity index (χ4v) is 6.36. The first kappa shape index (κ1) is 32.8. The summed E-state index contributed by atoms with van der Waals surface area (Å²) in [6.45, 7) is 16.4. The molecule has 232 valence electrons. The molecule has 0 spiro atoms. The largest absolute Gasteiger partial charge is 0.383 e. The summed E-state index contributed by atoms with van der Waals surface area (Å²) in [4.78, 5) is 67.0. The van der Waals surface area contributed by atoms with Gasteiger partial charge in [0.25, 0.3) is 5.91 Å². The van der Waals surface area contributed by atoms with Crippen molar-refractivity contribution in [1.82, 2.24) is 20.9 Å². The van der Waals surface area contributed by atoms with Crippen molar-refractivity contribution in [2.45, 2.75) is 105 Å². The third kappa shape index (κ3) is 7.21. The van der Waals surface area contributed by atoms with E-state index in [9.17, 15) is 24.0 Å². The number of ether oxygens (including phenoxy) is 1. The Balaban J connectivity index is 1.82. The van der Waals surface area contributed by atoms with Gasteiger partial charge in [-0.15, -0.1) is 0 Å². The van der Waals surface area contributed by atoms with Gasteiger partial charge in [0.05, 0.1) is 18.7 Å². The van der Waals surface area contributed by atoms with Crippen LogP contribution in [0.5, 0.6) is 0 Å². The number of piperidine rings is 1. The van der Waals surface area contributed by atoms with Crippen molar-refractivity contribution in [3.05, 3.63) is 0 Å². The van der Waals surface area contributed by atoms with Gasteiger partial charge in [-0.05, 0) is 40.4 Å². The van der Waals surface area contributed by atoms with Crippen molar-refractivity contribution in [3.8, 4) is 0 Å². The van der Waals surface area contributed by atoms with E-state index >= 15 is 0 Å². The number of nitrogens with two attached hydrogens (primary N) is 1. The van der Waals surface area contributed by atoms with E-state index in [-0.39, 0.29) is 40.5 Å². The molecule has 11 nitrogen and oxygen atoms in total. The fraction of sp³-hybridized carbons (Fsp3) is 0.833. The van der Waals surface area contributed by atoms with Gasteiger partial charge in [0, 0.05) is 13.7 Å². The molecule has 0 aromatic carbocycles. The monoisotopic (exact) mass is 577 g/mol. The molecule has 0 bridgehead atoms. The number of Topliss-reactive ketones (excluding diaryl/α,β-unsaturated/α-hetero) is 1. The highest BCUT2D eigenvalue weighted by Crippen LogP contribution is 2.65. The number of methoxy groups -OCH3 is 1. The van der Waals surface area contributed by atoms with Crippen LogP contribution < -0.4 is 21.7 Å². The maximum absolute atomic E-state index is 14.1. The molecule has 1 aliphatic heterocycles. The Morgan fingerprint density at radius 3 is 2.05 bits per heavy atom. The minimum Gasteiger partial charge on any atom is -0.383 e. The van der Waals surface area contributed by atoms with Crippen molar-refractivity contribution in [2.24, 2.45) is 39.7 Å². The minimum absolute atomic E-state index is 0.0964. The van der Waals surface area contributed by atoms with Gasteiger partial charge in [-0.25, -0.2) is 4.79 Å². The Morgan fingerprint density at radius 2 is 1.59 bits per heavy atom. The normalized spacial score (nSPS) is 25.7. The van der Waals surface area contributed by atoms with E-state index in [2.05, 4.69) is 29.8 Å². The predicted octanol–water partition coefficient (Wildman–Crippen LogP) is 1.97. The van der Waals surface area contributed by atoms with Gasteiger partial charge in [0.1, 0.15) is 12.1 Å². The summed E-state index contributed by atoms with van der Waals surface area (Å²) < 4.78 is 5.29. The molecular formula is C30H51N5O6. The number of urea groups is 1. The number of nitrogens with zero attached hydrogens (tertiary/aromatic N) is 1. The van der Waals surface area contributed by atoms with Crippen LogP contribution in [0.1, 0.15) is 81.1 Å². The van der Waals surface area contributed by atoms with Gasteiger partial charge in [0.2, 0.25) is 17.6 Å². The molecule has 3 rings (SSSR count). The molecule has 0 aromatic rings. The molecule has 5 N–H and O–H groups in total. The van der Waals surface area contributed by atoms with Crippen LogP contribution in [0.2, 0.25) is 0 Å². The number of ketones is 1. The van der Waals surface area contributed by atoms with E-state index in [4.69, 9.17) is 10.5 Å². The Bertz CT molecular complexity index is 1040. The third-order valence-corrected chi connectivity index (χ3v) is 9.50. The van der Waals surface area contributed by atoms with E-state index in [1.165, 1.54) is 0 Å². The van der Waals surface area contributed by atoms with Gasteiger partial charge in [-0.3, -0.25) is 19.2 Å². The second-order valence-electron chi connectivity index (χ2n) is 15.0. The van der Waals surface area contributed by atoms with Crippen molar-refractivity contribution in [1.29, 1.82) is 0 Å². The van der Waals surface area contributed by atoms with E-state index in [0.717, 1.165) is 19.3 Å². The zero-order valence-corrected chi connectivity index (χ0v) is 26.3. The van der Waals surface area contributed by atoms with Crippen molar-refractivity contribution in [2.75, 3.05) is 20.3 Å². The number of likely N-dealkylation sites (tertiary alicyclic amines) is 1. The second kappa shape index (κ2) is 11.9. The lowest BCUT2D eigenvalue weighted by atomic mass is 9.80. The highest BCUT2D eigenvalue weighted by Gasteiger charge is 2.70. The molecule has 11 heteroatoms. The SMILES string of the molecule is COC[C@@H](NC(=O)N[C@H](C(=O)N1C[C@H]2[C@@H]([C@H]1C(=O)NC(CC1CCC1)C(=O)C(N)=O)C2(C)C)C(C)(C)C)C(C)(C)C. The van der Waals surface area contributed by atoms with Crippen LogP contribution in [0.4, 0.5) is 4.79 Å². The molecule has 0 aromatic heterocycles. The number of carbonyl (C=O) groups excluding carboxylic acids is 5. The molecule has 5 amide bonds. The first-order valence-electron chi connectivity index (χ1n) is 14.8. The number of rotatable bonds is 11. The zero-order chi connectivity index (χ0) is 31.1. The number of hydrogen-bond donors (Lipinski definition) is 4. The molecule has 3 fully saturated rings. The molecule has 0 radical (unpaired) electrons. The standard InChI is InChI=1S/C30H51N5O6/c1-28(2,3)19(15-41-9)33-27(40)34-23(29(4,5)6)26(39)35-14-17-20(30(17,7)8)21(35)25(38)32-18(22(36)24(31)37)13-16-11-10-12-16/h16-21,23H,10-15H2,1-9H3,(H2,31,37)(H,32,38)(H2,33,34,40)/t17-,18?,19+,20-,21-,23+/m0/s1. The first-order chi connectivity index (χ1) is 18.8. The lowest BCUT2D eigenvalue weighted by Crippen LogP contribution is -2.62. The average Bonchev–Trinajstić information content (AvgIpc) is 3.14. The van der Waals surface area contributed by atoms with Crippen LogP contribution in [0, 0.1) is 34.0 Å². The number of primary amides is 1. The van der Waals surface area contributed by atoms with Gasteiger partial charge in [-0.1, -0.05) is 74.7 Å². The van der Waals surface area contributed by atoms with Gasteiger partial charge < -0.3 is 31.3 Å². The van der Waals surface area contributed by atoms with Crippen LogP contribution in [0.3, 0.4) is 0 Å². The Morgan fingerprint density at radius 1 is 0.976 bits per heavy atom. The lowest BCUT2D eigenvalue weighted by Gasteiger charge is -2.39. The van der Waals surface area contributed by atoms with Crippen molar-refractivity contribution >= 4 is 29.5 Å². The highest BCUT2D eigenvalue weighted by atomic mass is 16.5. The van der Waals surface area contributed by atoms with Crippen LogP contribution in [-0.2, 0) is 23.9 Å². The molecule has 41 heavy (non-hydrogen) atoms. The zero-order valence-electron chi connectivity index (χ0n) is 26.3. The van der Waals surface area contributed by atoms with Crippen LogP contribution >= 0.6 is 0 Å². The summed E-state index contributed by atoms with van der Waals surface area (Å²) in [5, 5.41) is 8.62. The van der Waals surface area contributed by atoms with Crippen LogP contribution in [-0.4, -0.2) is 78.9 Å². The molecule has 1 saturated heterocycles. The fourth-order valence-electron chi connectivity index (χ4n) is 6.36. The van der Waals surface area contributed by atoms with Crippen molar-refractivity contribution < 1.29 is 28.7 Å². The molecule has 6 atom stereocenters. The maximum Gasteiger partial charge on any atom is 0.315 e. The van der Waals surface area contributed by atoms with Gasteiger partial charge in [-0.2, -0.15) is 0 Å². The summed E-state index contributed by atoms with van der Waals surface area (Å²) in [7, 11) is 1.57. The van der Waals surface area contributed by atoms with Gasteiger partial charge in [0.15, 0.2) is 0 Å². The first-order valence-corrected chi connectivity index (χ1v) is 14.8. The Kier molecular flexibility index (Phi) is 9.52. The Labute approximate surface area is 244 Å².